The van der Waals surface area contributed by atoms with Gasteiger partial charge in [-0.1, -0.05) is 44.2 Å². The molecule has 9 heteroatoms. The number of thiazole rings is 1. The van der Waals surface area contributed by atoms with Crippen LogP contribution in [0.4, 0.5) is 0 Å². The molecule has 172 valence electrons. The SMILES string of the molecule is CC(=O)N[C@@](C(N)=O)(C(C)C)C(Cc1cccc(C(=N)N)c1)C(=O)c1nc2ccccc2s1. The van der Waals surface area contributed by atoms with Gasteiger partial charge in [0.1, 0.15) is 11.4 Å². The Morgan fingerprint density at radius 1 is 1.12 bits per heavy atom. The van der Waals surface area contributed by atoms with Gasteiger partial charge in [-0.15, -0.1) is 11.3 Å². The van der Waals surface area contributed by atoms with Crippen LogP contribution in [0.3, 0.4) is 0 Å². The second-order valence-electron chi connectivity index (χ2n) is 8.29. The lowest BCUT2D eigenvalue weighted by Crippen LogP contribution is -2.67. The van der Waals surface area contributed by atoms with Crippen molar-refractivity contribution >= 4 is 45.0 Å². The summed E-state index contributed by atoms with van der Waals surface area (Å²) in [7, 11) is 0. The number of primary amides is 1. The Labute approximate surface area is 195 Å². The van der Waals surface area contributed by atoms with E-state index in [9.17, 15) is 14.4 Å². The van der Waals surface area contributed by atoms with Gasteiger partial charge < -0.3 is 16.8 Å². The van der Waals surface area contributed by atoms with E-state index in [0.717, 1.165) is 4.70 Å². The lowest BCUT2D eigenvalue weighted by Gasteiger charge is -2.41. The molecule has 0 saturated carbocycles. The highest BCUT2D eigenvalue weighted by Gasteiger charge is 2.51. The Kier molecular flexibility index (Phi) is 6.92. The van der Waals surface area contributed by atoms with Gasteiger partial charge in [0, 0.05) is 12.5 Å². The van der Waals surface area contributed by atoms with Crippen molar-refractivity contribution in [3.8, 4) is 0 Å². The molecule has 0 bridgehead atoms. The summed E-state index contributed by atoms with van der Waals surface area (Å²) in [6.45, 7) is 4.77. The molecule has 0 aliphatic carbocycles. The molecule has 0 aliphatic heterocycles. The van der Waals surface area contributed by atoms with Crippen LogP contribution < -0.4 is 16.8 Å². The fraction of sp³-hybridized carbons (Fsp3) is 0.292. The van der Waals surface area contributed by atoms with E-state index in [-0.39, 0.29) is 23.0 Å². The minimum absolute atomic E-state index is 0.0945. The zero-order valence-electron chi connectivity index (χ0n) is 18.7. The number of nitrogens with two attached hydrogens (primary N) is 2. The maximum absolute atomic E-state index is 13.9. The number of hydrogen-bond acceptors (Lipinski definition) is 6. The summed E-state index contributed by atoms with van der Waals surface area (Å²) >= 11 is 1.23. The fourth-order valence-corrected chi connectivity index (χ4v) is 5.09. The average Bonchev–Trinajstić information content (AvgIpc) is 3.19. The van der Waals surface area contributed by atoms with Crippen molar-refractivity contribution in [2.75, 3.05) is 0 Å². The molecular weight excluding hydrogens is 438 g/mol. The molecule has 2 amide bonds. The van der Waals surface area contributed by atoms with Crippen LogP contribution in [0.15, 0.2) is 48.5 Å². The summed E-state index contributed by atoms with van der Waals surface area (Å²) in [4.78, 5) is 43.5. The number of nitrogens with zero attached hydrogens (tertiary/aromatic N) is 1. The van der Waals surface area contributed by atoms with Gasteiger partial charge in [0.25, 0.3) is 0 Å². The van der Waals surface area contributed by atoms with Crippen LogP contribution in [0.5, 0.6) is 0 Å². The molecule has 0 aliphatic rings. The van der Waals surface area contributed by atoms with Crippen molar-refractivity contribution in [2.24, 2.45) is 23.3 Å². The predicted octanol–water partition coefficient (Wildman–Crippen LogP) is 2.64. The number of amides is 2. The Hall–Kier alpha value is -3.59. The minimum Gasteiger partial charge on any atom is -0.384 e. The monoisotopic (exact) mass is 465 g/mol. The first kappa shape index (κ1) is 24.1. The topological polar surface area (TPSA) is 152 Å². The number of carbonyl (C=O) groups is 3. The first-order valence-corrected chi connectivity index (χ1v) is 11.3. The van der Waals surface area contributed by atoms with Crippen molar-refractivity contribution in [1.82, 2.24) is 10.3 Å². The molecule has 3 aromatic rings. The smallest absolute Gasteiger partial charge is 0.244 e. The van der Waals surface area contributed by atoms with Gasteiger partial charge >= 0.3 is 0 Å². The van der Waals surface area contributed by atoms with Crippen LogP contribution in [0, 0.1) is 17.2 Å². The Bertz CT molecular complexity index is 1200. The molecule has 1 heterocycles. The van der Waals surface area contributed by atoms with Crippen molar-refractivity contribution in [1.29, 1.82) is 5.41 Å². The molecule has 0 radical (unpaired) electrons. The zero-order chi connectivity index (χ0) is 24.3. The van der Waals surface area contributed by atoms with Gasteiger partial charge in [-0.05, 0) is 36.1 Å². The standard InChI is InChI=1S/C24H27N5O3S/c1-13(2)24(23(27)32,29-14(3)30)17(12-15-7-6-8-16(11-15)21(25)26)20(31)22-28-18-9-4-5-10-19(18)33-22/h4-11,13,17H,12H2,1-3H3,(H3,25,26)(H2,27,32)(H,29,30)/t17?,24-/m0/s1. The number of ketones is 1. The van der Waals surface area contributed by atoms with Gasteiger partial charge in [-0.2, -0.15) is 0 Å². The van der Waals surface area contributed by atoms with Crippen LogP contribution in [0.2, 0.25) is 0 Å². The highest BCUT2D eigenvalue weighted by Crippen LogP contribution is 2.34. The van der Waals surface area contributed by atoms with Crippen LogP contribution >= 0.6 is 11.3 Å². The van der Waals surface area contributed by atoms with Crippen LogP contribution in [0.25, 0.3) is 10.2 Å². The largest absolute Gasteiger partial charge is 0.384 e. The number of hydrogen-bond donors (Lipinski definition) is 4. The van der Waals surface area contributed by atoms with Gasteiger partial charge in [0.05, 0.1) is 16.1 Å². The van der Waals surface area contributed by atoms with E-state index < -0.39 is 29.2 Å². The number of rotatable bonds is 9. The number of nitrogen functional groups attached to an aromatic ring is 1. The van der Waals surface area contributed by atoms with E-state index in [2.05, 4.69) is 10.3 Å². The van der Waals surface area contributed by atoms with Crippen molar-refractivity contribution < 1.29 is 14.4 Å². The molecule has 1 aromatic heterocycles. The first-order valence-electron chi connectivity index (χ1n) is 10.5. The van der Waals surface area contributed by atoms with Gasteiger partial charge in [-0.3, -0.25) is 19.8 Å². The van der Waals surface area contributed by atoms with Crippen molar-refractivity contribution in [2.45, 2.75) is 32.7 Å². The molecule has 0 saturated heterocycles. The maximum Gasteiger partial charge on any atom is 0.244 e. The molecule has 2 aromatic carbocycles. The molecule has 2 atom stereocenters. The number of benzene rings is 2. The normalized spacial score (nSPS) is 13.9. The lowest BCUT2D eigenvalue weighted by atomic mass is 9.70. The molecule has 6 N–H and O–H groups in total. The molecule has 3 rings (SSSR count). The highest BCUT2D eigenvalue weighted by molar-refractivity contribution is 7.20. The summed E-state index contributed by atoms with van der Waals surface area (Å²) in [6, 6.07) is 14.3. The maximum atomic E-state index is 13.9. The highest BCUT2D eigenvalue weighted by atomic mass is 32.1. The Balaban J connectivity index is 2.18. The van der Waals surface area contributed by atoms with E-state index in [1.165, 1.54) is 18.3 Å². The van der Waals surface area contributed by atoms with Crippen LogP contribution in [-0.2, 0) is 16.0 Å². The van der Waals surface area contributed by atoms with E-state index in [0.29, 0.717) is 16.6 Å². The van der Waals surface area contributed by atoms with Crippen LogP contribution in [-0.4, -0.2) is 34.0 Å². The third-order valence-corrected chi connectivity index (χ3v) is 6.80. The number of aromatic nitrogens is 1. The van der Waals surface area contributed by atoms with E-state index in [1.54, 1.807) is 38.1 Å². The Morgan fingerprint density at radius 2 is 1.82 bits per heavy atom. The summed E-state index contributed by atoms with van der Waals surface area (Å²) in [5, 5.41) is 10.7. The second kappa shape index (κ2) is 9.50. The van der Waals surface area contributed by atoms with Crippen LogP contribution in [0.1, 0.15) is 41.7 Å². The third kappa shape index (κ3) is 4.78. The molecular formula is C24H27N5O3S. The first-order chi connectivity index (χ1) is 15.6. The van der Waals surface area contributed by atoms with E-state index in [4.69, 9.17) is 16.9 Å². The number of Topliss-reactive ketones (excluding diaryl/α,β-unsaturated/α-hetero) is 1. The van der Waals surface area contributed by atoms with Gasteiger partial charge in [-0.25, -0.2) is 4.98 Å². The quantitative estimate of drug-likeness (QED) is 0.217. The molecule has 0 spiro atoms. The molecule has 1 unspecified atom stereocenters. The zero-order valence-corrected chi connectivity index (χ0v) is 19.5. The van der Waals surface area contributed by atoms with E-state index >= 15 is 0 Å². The number of fused-ring (bicyclic) bond motifs is 1. The number of carbonyl (C=O) groups excluding carboxylic acids is 3. The summed E-state index contributed by atoms with van der Waals surface area (Å²) in [6.07, 6.45) is 0.0945. The fourth-order valence-electron chi connectivity index (χ4n) is 4.13. The minimum atomic E-state index is -1.65. The van der Waals surface area contributed by atoms with Crippen molar-refractivity contribution in [3.63, 3.8) is 0 Å². The predicted molar refractivity (Wildman–Crippen MR) is 129 cm³/mol. The molecule has 33 heavy (non-hydrogen) atoms. The molecule has 8 nitrogen and oxygen atoms in total. The summed E-state index contributed by atoms with van der Waals surface area (Å²) in [5.74, 6) is -3.28. The van der Waals surface area contributed by atoms with Gasteiger partial charge in [0.2, 0.25) is 11.8 Å². The summed E-state index contributed by atoms with van der Waals surface area (Å²) in [5.41, 5.74) is 11.7. The molecule has 0 fully saturated rings. The number of nitrogens with one attached hydrogen (secondary N) is 2. The number of amidine groups is 1. The second-order valence-corrected chi connectivity index (χ2v) is 9.32. The summed E-state index contributed by atoms with van der Waals surface area (Å²) < 4.78 is 0.840. The average molecular weight is 466 g/mol. The Morgan fingerprint density at radius 3 is 2.39 bits per heavy atom. The van der Waals surface area contributed by atoms with Gasteiger partial charge in [0.15, 0.2) is 10.8 Å². The lowest BCUT2D eigenvalue weighted by molar-refractivity contribution is -0.134. The van der Waals surface area contributed by atoms with Crippen molar-refractivity contribution in [3.05, 3.63) is 64.7 Å². The third-order valence-electron chi connectivity index (χ3n) is 5.75. The van der Waals surface area contributed by atoms with E-state index in [1.807, 2.05) is 24.3 Å². The number of para-hydroxylation sites is 1.